The van der Waals surface area contributed by atoms with E-state index >= 15 is 0 Å². The summed E-state index contributed by atoms with van der Waals surface area (Å²) in [6.07, 6.45) is 6.85. The van der Waals surface area contributed by atoms with Gasteiger partial charge in [-0.2, -0.15) is 0 Å². The Balaban J connectivity index is 1.06. The maximum absolute atomic E-state index is 5.30. The van der Waals surface area contributed by atoms with Crippen molar-refractivity contribution >= 4 is 17.7 Å². The van der Waals surface area contributed by atoms with Crippen molar-refractivity contribution in [1.29, 1.82) is 0 Å². The molecule has 1 aromatic heterocycles. The molecule has 0 unspecified atom stereocenters. The molecule has 1 heterocycles. The number of pyridine rings is 1. The molecule has 1 heteroatoms. The number of benzene rings is 7. The molecule has 0 saturated carbocycles. The van der Waals surface area contributed by atoms with Crippen molar-refractivity contribution < 1.29 is 0 Å². The zero-order chi connectivity index (χ0) is 36.9. The van der Waals surface area contributed by atoms with Gasteiger partial charge in [-0.05, 0) is 126 Å². The average Bonchev–Trinajstić information content (AvgIpc) is 3.75. The third-order valence-corrected chi connectivity index (χ3v) is 11.4. The maximum Gasteiger partial charge on any atom is 0.0716 e. The molecule has 0 bridgehead atoms. The van der Waals surface area contributed by atoms with Gasteiger partial charge in [0.15, 0.2) is 0 Å². The largest absolute Gasteiger partial charge is 0.248 e. The zero-order valence-corrected chi connectivity index (χ0v) is 31.0. The van der Waals surface area contributed by atoms with Crippen LogP contribution in [0.2, 0.25) is 0 Å². The summed E-state index contributed by atoms with van der Waals surface area (Å²) >= 11 is 0. The molecule has 0 spiro atoms. The number of fused-ring (bicyclic) bond motifs is 4. The standard InChI is InChI=1S/C54H39N/c1-54(2)50-21-13-12-20-48(50)49-29-36(22-27-51(49)54)28-41-23-24-42-30-40(25-26-47(41)42)44-31-43(37-14-6-3-7-15-37)32-46(33-44)53-35-45(38-16-8-4-9-17-38)34-52(55-53)39-18-10-5-11-19-39/h3-35H,1-2H3/b41-28+. The van der Waals surface area contributed by atoms with Crippen molar-refractivity contribution in [3.05, 3.63) is 216 Å². The van der Waals surface area contributed by atoms with Crippen LogP contribution in [0.1, 0.15) is 41.7 Å². The molecular weight excluding hydrogens is 663 g/mol. The Labute approximate surface area is 323 Å². The van der Waals surface area contributed by atoms with Gasteiger partial charge in [-0.3, -0.25) is 0 Å². The van der Waals surface area contributed by atoms with E-state index in [0.717, 1.165) is 33.6 Å². The lowest BCUT2D eigenvalue weighted by molar-refractivity contribution is 0.660. The predicted octanol–water partition coefficient (Wildman–Crippen LogP) is 14.3. The summed E-state index contributed by atoms with van der Waals surface area (Å²) in [5.74, 6) is 0. The number of hydrogen-bond donors (Lipinski definition) is 0. The molecule has 0 saturated heterocycles. The van der Waals surface area contributed by atoms with Gasteiger partial charge in [0.1, 0.15) is 0 Å². The number of hydrogen-bond acceptors (Lipinski definition) is 1. The second-order valence-electron chi connectivity index (χ2n) is 15.2. The molecule has 0 N–H and O–H groups in total. The van der Waals surface area contributed by atoms with Crippen molar-refractivity contribution in [2.24, 2.45) is 0 Å². The highest BCUT2D eigenvalue weighted by Crippen LogP contribution is 2.49. The van der Waals surface area contributed by atoms with Gasteiger partial charge in [-0.1, -0.05) is 166 Å². The molecule has 8 aromatic rings. The lowest BCUT2D eigenvalue weighted by Gasteiger charge is -2.21. The SMILES string of the molecule is CC1(C)c2ccccc2-c2cc(/C=C3\C=Cc4cc(-c5cc(-c6ccccc6)cc(-c6cc(-c7ccccc7)cc(-c7ccccc7)n6)c5)ccc43)ccc21. The summed E-state index contributed by atoms with van der Waals surface area (Å²) in [4.78, 5) is 5.30. The fraction of sp³-hybridized carbons (Fsp3) is 0.0556. The van der Waals surface area contributed by atoms with E-state index in [1.165, 1.54) is 66.8 Å². The topological polar surface area (TPSA) is 12.9 Å². The maximum atomic E-state index is 5.30. The van der Waals surface area contributed by atoms with E-state index in [4.69, 9.17) is 4.98 Å². The van der Waals surface area contributed by atoms with Crippen LogP contribution in [0.15, 0.2) is 188 Å². The summed E-state index contributed by atoms with van der Waals surface area (Å²) in [6, 6.07) is 65.8. The van der Waals surface area contributed by atoms with E-state index < -0.39 is 0 Å². The Morgan fingerprint density at radius 3 is 1.65 bits per heavy atom. The van der Waals surface area contributed by atoms with Gasteiger partial charge >= 0.3 is 0 Å². The lowest BCUT2D eigenvalue weighted by atomic mass is 9.82. The minimum absolute atomic E-state index is 0.0104. The second kappa shape index (κ2) is 13.2. The molecule has 0 radical (unpaired) electrons. The molecule has 1 nitrogen and oxygen atoms in total. The van der Waals surface area contributed by atoms with Crippen molar-refractivity contribution in [2.75, 3.05) is 0 Å². The van der Waals surface area contributed by atoms with Crippen molar-refractivity contribution in [1.82, 2.24) is 4.98 Å². The van der Waals surface area contributed by atoms with E-state index in [0.29, 0.717) is 0 Å². The first-order chi connectivity index (χ1) is 27.0. The smallest absolute Gasteiger partial charge is 0.0716 e. The summed E-state index contributed by atoms with van der Waals surface area (Å²) < 4.78 is 0. The van der Waals surface area contributed by atoms with E-state index in [9.17, 15) is 0 Å². The Kier molecular flexibility index (Phi) is 7.89. The van der Waals surface area contributed by atoms with Gasteiger partial charge in [0, 0.05) is 16.5 Å². The van der Waals surface area contributed by atoms with Crippen LogP contribution < -0.4 is 0 Å². The summed E-state index contributed by atoms with van der Waals surface area (Å²) in [6.45, 7) is 4.67. The second-order valence-corrected chi connectivity index (χ2v) is 15.2. The quantitative estimate of drug-likeness (QED) is 0.168. The van der Waals surface area contributed by atoms with Crippen LogP contribution in [0.3, 0.4) is 0 Å². The molecule has 2 aliphatic carbocycles. The van der Waals surface area contributed by atoms with E-state index in [1.807, 2.05) is 0 Å². The van der Waals surface area contributed by atoms with E-state index in [-0.39, 0.29) is 5.41 Å². The highest BCUT2D eigenvalue weighted by Gasteiger charge is 2.35. The summed E-state index contributed by atoms with van der Waals surface area (Å²) in [7, 11) is 0. The van der Waals surface area contributed by atoms with Crippen LogP contribution in [0, 0.1) is 0 Å². The van der Waals surface area contributed by atoms with Gasteiger partial charge in [0.05, 0.1) is 11.4 Å². The van der Waals surface area contributed by atoms with Crippen LogP contribution in [-0.2, 0) is 5.41 Å². The monoisotopic (exact) mass is 701 g/mol. The molecule has 0 fully saturated rings. The molecule has 10 rings (SSSR count). The number of nitrogens with zero attached hydrogens (tertiary/aromatic N) is 1. The van der Waals surface area contributed by atoms with Crippen molar-refractivity contribution in [3.63, 3.8) is 0 Å². The van der Waals surface area contributed by atoms with Crippen LogP contribution in [0.25, 0.3) is 84.7 Å². The van der Waals surface area contributed by atoms with E-state index in [1.54, 1.807) is 0 Å². The molecule has 7 aromatic carbocycles. The molecule has 260 valence electrons. The van der Waals surface area contributed by atoms with Crippen LogP contribution in [0.5, 0.6) is 0 Å². The zero-order valence-electron chi connectivity index (χ0n) is 31.0. The Hall–Kier alpha value is -6.83. The highest BCUT2D eigenvalue weighted by atomic mass is 14.7. The van der Waals surface area contributed by atoms with Crippen LogP contribution in [0.4, 0.5) is 0 Å². The first-order valence-corrected chi connectivity index (χ1v) is 19.1. The van der Waals surface area contributed by atoms with Gasteiger partial charge in [-0.15, -0.1) is 0 Å². The van der Waals surface area contributed by atoms with Crippen molar-refractivity contribution in [3.8, 4) is 67.0 Å². The van der Waals surface area contributed by atoms with Gasteiger partial charge in [-0.25, -0.2) is 4.98 Å². The normalized spacial score (nSPS) is 14.1. The minimum atomic E-state index is 0.0104. The minimum Gasteiger partial charge on any atom is -0.248 e. The predicted molar refractivity (Wildman–Crippen MR) is 232 cm³/mol. The number of allylic oxidation sites excluding steroid dienone is 2. The first kappa shape index (κ1) is 32.8. The third-order valence-electron chi connectivity index (χ3n) is 11.4. The number of rotatable bonds is 6. The third kappa shape index (κ3) is 5.95. The molecule has 0 amide bonds. The Morgan fingerprint density at radius 1 is 0.382 bits per heavy atom. The molecule has 55 heavy (non-hydrogen) atoms. The highest BCUT2D eigenvalue weighted by molar-refractivity contribution is 5.99. The van der Waals surface area contributed by atoms with Gasteiger partial charge < -0.3 is 0 Å². The fourth-order valence-electron chi connectivity index (χ4n) is 8.52. The molecular formula is C54H39N. The van der Waals surface area contributed by atoms with Gasteiger partial charge in [0.2, 0.25) is 0 Å². The van der Waals surface area contributed by atoms with Crippen molar-refractivity contribution in [2.45, 2.75) is 19.3 Å². The molecule has 0 atom stereocenters. The van der Waals surface area contributed by atoms with Crippen LogP contribution in [-0.4, -0.2) is 4.98 Å². The van der Waals surface area contributed by atoms with Crippen LogP contribution >= 0.6 is 0 Å². The number of aromatic nitrogens is 1. The summed E-state index contributed by atoms with van der Waals surface area (Å²) in [5, 5.41) is 0. The molecule has 2 aliphatic rings. The summed E-state index contributed by atoms with van der Waals surface area (Å²) in [5.41, 5.74) is 21.6. The average molecular weight is 702 g/mol. The Morgan fingerprint density at radius 2 is 0.945 bits per heavy atom. The Bertz CT molecular complexity index is 2750. The molecule has 0 aliphatic heterocycles. The fourth-order valence-corrected chi connectivity index (χ4v) is 8.52. The van der Waals surface area contributed by atoms with Gasteiger partial charge in [0.25, 0.3) is 0 Å². The lowest BCUT2D eigenvalue weighted by Crippen LogP contribution is -2.14. The van der Waals surface area contributed by atoms with E-state index in [2.05, 4.69) is 214 Å². The first-order valence-electron chi connectivity index (χ1n) is 19.1.